The van der Waals surface area contributed by atoms with Crippen molar-refractivity contribution in [2.24, 2.45) is 0 Å². The van der Waals surface area contributed by atoms with Crippen molar-refractivity contribution in [1.29, 1.82) is 0 Å². The average molecular weight is 214 g/mol. The van der Waals surface area contributed by atoms with Crippen molar-refractivity contribution in [3.05, 3.63) is 24.3 Å². The van der Waals surface area contributed by atoms with E-state index in [0.29, 0.717) is 6.42 Å². The lowest BCUT2D eigenvalue weighted by Gasteiger charge is -1.98. The van der Waals surface area contributed by atoms with Crippen LogP contribution < -0.4 is 0 Å². The zero-order valence-corrected chi connectivity index (χ0v) is 9.20. The minimum atomic E-state index is -0.609. The van der Waals surface area contributed by atoms with Crippen LogP contribution in [0.4, 0.5) is 0 Å². The molecule has 0 aromatic rings. The predicted octanol–water partition coefficient (Wildman–Crippen LogP) is 0.872. The first-order valence-corrected chi connectivity index (χ1v) is 4.85. The molecule has 0 heterocycles. The monoisotopic (exact) mass is 214 g/mol. The summed E-state index contributed by atoms with van der Waals surface area (Å²) in [6, 6.07) is 0. The number of allylic oxidation sites excluding steroid dienone is 3. The summed E-state index contributed by atoms with van der Waals surface area (Å²) in [7, 11) is 0. The zero-order chi connectivity index (χ0) is 12.1. The third kappa shape index (κ3) is 10.2. The topological polar surface area (TPSA) is 40.5 Å². The van der Waals surface area contributed by atoms with Gasteiger partial charge in [-0.1, -0.05) is 30.1 Å². The highest BCUT2D eigenvalue weighted by atomic mass is 16.3. The van der Waals surface area contributed by atoms with E-state index in [0.717, 1.165) is 0 Å². The van der Waals surface area contributed by atoms with Gasteiger partial charge in [-0.25, -0.2) is 0 Å². The third-order valence-electron chi connectivity index (χ3n) is 1.43. The van der Waals surface area contributed by atoms with E-state index in [1.165, 1.54) is 0 Å². The quantitative estimate of drug-likeness (QED) is 0.538. The van der Waals surface area contributed by atoms with E-state index in [2.05, 4.69) is 35.5 Å². The van der Waals surface area contributed by atoms with Gasteiger partial charge in [-0.15, -0.1) is 0 Å². The lowest BCUT2D eigenvalue weighted by molar-refractivity contribution is 0.170. The van der Waals surface area contributed by atoms with Crippen molar-refractivity contribution in [3.8, 4) is 35.5 Å². The van der Waals surface area contributed by atoms with Gasteiger partial charge in [0.15, 0.2) is 0 Å². The Hall–Kier alpha value is -1.92. The van der Waals surface area contributed by atoms with E-state index in [1.54, 1.807) is 31.2 Å². The fourth-order valence-corrected chi connectivity index (χ4v) is 0.727. The summed E-state index contributed by atoms with van der Waals surface area (Å²) in [6.45, 7) is 1.69. The Labute approximate surface area is 96.7 Å². The summed E-state index contributed by atoms with van der Waals surface area (Å²) >= 11 is 0. The van der Waals surface area contributed by atoms with Gasteiger partial charge in [0, 0.05) is 6.61 Å². The Bertz CT molecular complexity index is 411. The number of aliphatic hydroxyl groups is 2. The van der Waals surface area contributed by atoms with E-state index in [4.69, 9.17) is 5.11 Å². The number of hydrogen-bond acceptors (Lipinski definition) is 2. The van der Waals surface area contributed by atoms with Crippen LogP contribution in [0.15, 0.2) is 24.3 Å². The lowest BCUT2D eigenvalue weighted by Crippen LogP contribution is -2.03. The summed E-state index contributed by atoms with van der Waals surface area (Å²) in [5, 5.41) is 17.7. The Morgan fingerprint density at radius 3 is 2.56 bits per heavy atom. The molecule has 0 amide bonds. The minimum absolute atomic E-state index is 0.0247. The van der Waals surface area contributed by atoms with Gasteiger partial charge >= 0.3 is 0 Å². The maximum absolute atomic E-state index is 9.19. The molecule has 2 N–H and O–H groups in total. The Morgan fingerprint density at radius 1 is 1.12 bits per heavy atom. The molecule has 0 aromatic heterocycles. The normalized spacial score (nSPS) is 10.9. The smallest absolute Gasteiger partial charge is 0.0745 e. The van der Waals surface area contributed by atoms with Gasteiger partial charge in [0.25, 0.3) is 0 Å². The Morgan fingerprint density at radius 2 is 1.88 bits per heavy atom. The zero-order valence-electron chi connectivity index (χ0n) is 9.20. The molecule has 82 valence electrons. The summed E-state index contributed by atoms with van der Waals surface area (Å²) < 4.78 is 0. The van der Waals surface area contributed by atoms with Gasteiger partial charge in [0.1, 0.15) is 0 Å². The highest BCUT2D eigenvalue weighted by Gasteiger charge is 1.93. The molecule has 2 nitrogen and oxygen atoms in total. The molecule has 1 unspecified atom stereocenters. The fraction of sp³-hybridized carbons (Fsp3) is 0.286. The van der Waals surface area contributed by atoms with E-state index in [-0.39, 0.29) is 6.61 Å². The van der Waals surface area contributed by atoms with Crippen molar-refractivity contribution in [2.45, 2.75) is 19.4 Å². The van der Waals surface area contributed by atoms with Crippen LogP contribution >= 0.6 is 0 Å². The lowest BCUT2D eigenvalue weighted by atomic mass is 10.2. The second-order valence-electron chi connectivity index (χ2n) is 2.72. The van der Waals surface area contributed by atoms with Gasteiger partial charge < -0.3 is 10.2 Å². The molecule has 0 rings (SSSR count). The maximum atomic E-state index is 9.19. The standard InChI is InChI=1S/C14H14O2/c1-2-3-4-5-6-7-8-9-10-11-14(16)12-13-15/h8-11,14-16H,12-13H2,1H3/b9-8+,11-10+. The summed E-state index contributed by atoms with van der Waals surface area (Å²) in [6.07, 6.45) is 6.31. The van der Waals surface area contributed by atoms with Gasteiger partial charge in [-0.3, -0.25) is 0 Å². The van der Waals surface area contributed by atoms with Crippen LogP contribution in [0.2, 0.25) is 0 Å². The summed E-state index contributed by atoms with van der Waals surface area (Å²) in [5.41, 5.74) is 0. The molecule has 0 spiro atoms. The molecule has 0 saturated carbocycles. The predicted molar refractivity (Wildman–Crippen MR) is 65.0 cm³/mol. The van der Waals surface area contributed by atoms with Crippen molar-refractivity contribution in [1.82, 2.24) is 0 Å². The van der Waals surface area contributed by atoms with Crippen molar-refractivity contribution >= 4 is 0 Å². The van der Waals surface area contributed by atoms with Crippen LogP contribution in [0.5, 0.6) is 0 Å². The Kier molecular flexibility index (Phi) is 9.82. The number of aliphatic hydroxyl groups excluding tert-OH is 2. The van der Waals surface area contributed by atoms with E-state index >= 15 is 0 Å². The largest absolute Gasteiger partial charge is 0.396 e. The summed E-state index contributed by atoms with van der Waals surface area (Å²) in [4.78, 5) is 0. The Balaban J connectivity index is 3.93. The minimum Gasteiger partial charge on any atom is -0.396 e. The first-order chi connectivity index (χ1) is 7.81. The summed E-state index contributed by atoms with van der Waals surface area (Å²) in [5.74, 6) is 15.6. The SMILES string of the molecule is CC#CC#CC#C/C=C/C=C/C(O)CCO. The number of hydrogen-bond donors (Lipinski definition) is 2. The van der Waals surface area contributed by atoms with E-state index < -0.39 is 6.10 Å². The highest BCUT2D eigenvalue weighted by Crippen LogP contribution is 1.91. The van der Waals surface area contributed by atoms with E-state index in [9.17, 15) is 5.11 Å². The van der Waals surface area contributed by atoms with Gasteiger partial charge in [0.05, 0.1) is 6.10 Å². The molecule has 0 aliphatic rings. The highest BCUT2D eigenvalue weighted by molar-refractivity contribution is 5.37. The maximum Gasteiger partial charge on any atom is 0.0745 e. The first kappa shape index (κ1) is 14.1. The molecule has 16 heavy (non-hydrogen) atoms. The molecule has 0 aliphatic carbocycles. The molecular weight excluding hydrogens is 200 g/mol. The van der Waals surface area contributed by atoms with Crippen molar-refractivity contribution < 1.29 is 10.2 Å². The second kappa shape index (κ2) is 11.2. The first-order valence-electron chi connectivity index (χ1n) is 4.85. The second-order valence-corrected chi connectivity index (χ2v) is 2.72. The van der Waals surface area contributed by atoms with Crippen LogP contribution in [-0.2, 0) is 0 Å². The van der Waals surface area contributed by atoms with Gasteiger partial charge in [-0.05, 0) is 43.1 Å². The van der Waals surface area contributed by atoms with Crippen molar-refractivity contribution in [3.63, 3.8) is 0 Å². The molecular formula is C14H14O2. The van der Waals surface area contributed by atoms with Gasteiger partial charge in [-0.2, -0.15) is 0 Å². The molecule has 1 atom stereocenters. The molecule has 0 saturated heterocycles. The average Bonchev–Trinajstić information content (AvgIpc) is 2.27. The number of rotatable bonds is 4. The molecule has 0 aromatic carbocycles. The van der Waals surface area contributed by atoms with E-state index in [1.807, 2.05) is 0 Å². The van der Waals surface area contributed by atoms with Crippen LogP contribution in [0.3, 0.4) is 0 Å². The van der Waals surface area contributed by atoms with Crippen LogP contribution in [-0.4, -0.2) is 22.9 Å². The van der Waals surface area contributed by atoms with Gasteiger partial charge in [0.2, 0.25) is 0 Å². The molecule has 0 bridgehead atoms. The molecule has 0 aliphatic heterocycles. The molecule has 0 radical (unpaired) electrons. The molecule has 0 fully saturated rings. The third-order valence-corrected chi connectivity index (χ3v) is 1.43. The van der Waals surface area contributed by atoms with Crippen LogP contribution in [0.1, 0.15) is 13.3 Å². The van der Waals surface area contributed by atoms with Crippen molar-refractivity contribution in [2.75, 3.05) is 6.61 Å². The molecule has 2 heteroatoms. The fourth-order valence-electron chi connectivity index (χ4n) is 0.727. The van der Waals surface area contributed by atoms with Crippen LogP contribution in [0, 0.1) is 35.5 Å². The van der Waals surface area contributed by atoms with Crippen LogP contribution in [0.25, 0.3) is 0 Å².